The lowest BCUT2D eigenvalue weighted by Crippen LogP contribution is -2.28. The predicted octanol–water partition coefficient (Wildman–Crippen LogP) is 3.67. The number of fused-ring (bicyclic) bond motifs is 2. The van der Waals surface area contributed by atoms with Crippen molar-refractivity contribution < 1.29 is 4.42 Å². The molecule has 0 fully saturated rings. The van der Waals surface area contributed by atoms with Crippen LogP contribution in [-0.2, 0) is 6.54 Å². The fourth-order valence-electron chi connectivity index (χ4n) is 2.92. The van der Waals surface area contributed by atoms with Crippen LogP contribution in [0.5, 0.6) is 0 Å². The molecule has 2 heteroatoms. The van der Waals surface area contributed by atoms with Gasteiger partial charge in [-0.1, -0.05) is 42.5 Å². The average molecular weight is 249 g/mol. The van der Waals surface area contributed by atoms with Crippen LogP contribution in [0.2, 0.25) is 0 Å². The topological polar surface area (TPSA) is 25.2 Å². The minimum Gasteiger partial charge on any atom is -0.460 e. The van der Waals surface area contributed by atoms with Gasteiger partial charge in [0.05, 0.1) is 5.92 Å². The molecule has 0 unspecified atom stereocenters. The van der Waals surface area contributed by atoms with Crippen LogP contribution in [-0.4, -0.2) is 6.54 Å². The number of nitrogens with one attached hydrogen (secondary N) is 1. The lowest BCUT2D eigenvalue weighted by Gasteiger charge is -2.24. The van der Waals surface area contributed by atoms with Gasteiger partial charge in [0.2, 0.25) is 0 Å². The molecule has 1 aliphatic rings. The first-order valence-electron chi connectivity index (χ1n) is 6.69. The van der Waals surface area contributed by atoms with Crippen molar-refractivity contribution in [2.75, 3.05) is 6.54 Å². The summed E-state index contributed by atoms with van der Waals surface area (Å²) in [6.07, 6.45) is 0. The minimum absolute atomic E-state index is 0.317. The number of hydrogen-bond acceptors (Lipinski definition) is 2. The van der Waals surface area contributed by atoms with Crippen LogP contribution in [0.15, 0.2) is 59.0 Å². The number of hydrogen-bond donors (Lipinski definition) is 1. The van der Waals surface area contributed by atoms with E-state index in [1.54, 1.807) is 0 Å². The highest BCUT2D eigenvalue weighted by Gasteiger charge is 2.23. The Kier molecular flexibility index (Phi) is 2.42. The van der Waals surface area contributed by atoms with Gasteiger partial charge in [0, 0.05) is 18.5 Å². The quantitative estimate of drug-likeness (QED) is 0.712. The highest BCUT2D eigenvalue weighted by atomic mass is 16.3. The second-order valence-corrected chi connectivity index (χ2v) is 5.07. The molecule has 3 aromatic rings. The van der Waals surface area contributed by atoms with E-state index in [-0.39, 0.29) is 0 Å². The van der Waals surface area contributed by atoms with E-state index >= 15 is 0 Å². The molecule has 0 saturated carbocycles. The largest absolute Gasteiger partial charge is 0.460 e. The summed E-state index contributed by atoms with van der Waals surface area (Å²) < 4.78 is 6.02. The van der Waals surface area contributed by atoms with Crippen molar-refractivity contribution >= 4 is 11.0 Å². The average Bonchev–Trinajstić information content (AvgIpc) is 2.90. The molecule has 19 heavy (non-hydrogen) atoms. The lowest BCUT2D eigenvalue weighted by atomic mass is 9.89. The minimum atomic E-state index is 0.317. The zero-order chi connectivity index (χ0) is 12.7. The maximum atomic E-state index is 6.02. The van der Waals surface area contributed by atoms with Crippen LogP contribution in [0.4, 0.5) is 0 Å². The summed E-state index contributed by atoms with van der Waals surface area (Å²) in [7, 11) is 0. The van der Waals surface area contributed by atoms with Gasteiger partial charge >= 0.3 is 0 Å². The molecule has 1 aromatic heterocycles. The Morgan fingerprint density at radius 2 is 1.84 bits per heavy atom. The fourth-order valence-corrected chi connectivity index (χ4v) is 2.92. The fraction of sp³-hybridized carbons (Fsp3) is 0.176. The van der Waals surface area contributed by atoms with Gasteiger partial charge in [0.1, 0.15) is 11.3 Å². The van der Waals surface area contributed by atoms with Crippen LogP contribution < -0.4 is 5.32 Å². The van der Waals surface area contributed by atoms with Crippen molar-refractivity contribution in [1.82, 2.24) is 5.32 Å². The van der Waals surface area contributed by atoms with Crippen molar-refractivity contribution in [1.29, 1.82) is 0 Å². The van der Waals surface area contributed by atoms with Crippen molar-refractivity contribution in [3.63, 3.8) is 0 Å². The summed E-state index contributed by atoms with van der Waals surface area (Å²) in [5, 5.41) is 4.65. The maximum absolute atomic E-state index is 6.02. The van der Waals surface area contributed by atoms with E-state index in [1.165, 1.54) is 16.5 Å². The SMILES string of the molecule is c1ccc2c(c1)CNC[C@H]2c1cc2ccccc2o1. The summed E-state index contributed by atoms with van der Waals surface area (Å²) in [5.74, 6) is 1.37. The lowest BCUT2D eigenvalue weighted by molar-refractivity contribution is 0.481. The zero-order valence-electron chi connectivity index (χ0n) is 10.6. The molecule has 2 aromatic carbocycles. The van der Waals surface area contributed by atoms with Crippen molar-refractivity contribution in [3.05, 3.63) is 71.5 Å². The molecule has 1 atom stereocenters. The first-order chi connectivity index (χ1) is 9.42. The second-order valence-electron chi connectivity index (χ2n) is 5.07. The van der Waals surface area contributed by atoms with E-state index < -0.39 is 0 Å². The van der Waals surface area contributed by atoms with Crippen molar-refractivity contribution in [3.8, 4) is 0 Å². The number of furan rings is 1. The smallest absolute Gasteiger partial charge is 0.134 e. The van der Waals surface area contributed by atoms with Crippen LogP contribution in [0.3, 0.4) is 0 Å². The molecule has 0 radical (unpaired) electrons. The second kappa shape index (κ2) is 4.25. The normalized spacial score (nSPS) is 18.4. The Hall–Kier alpha value is -2.06. The molecule has 0 aliphatic carbocycles. The van der Waals surface area contributed by atoms with Crippen molar-refractivity contribution in [2.45, 2.75) is 12.5 Å². The third kappa shape index (κ3) is 1.76. The van der Waals surface area contributed by atoms with Gasteiger partial charge in [-0.25, -0.2) is 0 Å². The molecule has 0 saturated heterocycles. The molecule has 0 spiro atoms. The molecule has 4 rings (SSSR count). The van der Waals surface area contributed by atoms with Crippen LogP contribution in [0, 0.1) is 0 Å². The van der Waals surface area contributed by atoms with Gasteiger partial charge in [0.25, 0.3) is 0 Å². The molecule has 2 nitrogen and oxygen atoms in total. The predicted molar refractivity (Wildman–Crippen MR) is 76.2 cm³/mol. The van der Waals surface area contributed by atoms with E-state index in [0.29, 0.717) is 5.92 Å². The van der Waals surface area contributed by atoms with Crippen LogP contribution in [0.1, 0.15) is 22.8 Å². The summed E-state index contributed by atoms with van der Waals surface area (Å²) in [5.41, 5.74) is 3.74. The molecule has 2 heterocycles. The third-order valence-corrected chi connectivity index (χ3v) is 3.88. The number of rotatable bonds is 1. The van der Waals surface area contributed by atoms with Crippen LogP contribution >= 0.6 is 0 Å². The Bertz CT molecular complexity index is 696. The summed E-state index contributed by atoms with van der Waals surface area (Å²) >= 11 is 0. The summed E-state index contributed by atoms with van der Waals surface area (Å²) in [6, 6.07) is 19.0. The molecular weight excluding hydrogens is 234 g/mol. The third-order valence-electron chi connectivity index (χ3n) is 3.88. The van der Waals surface area contributed by atoms with E-state index in [1.807, 2.05) is 12.1 Å². The molecule has 0 bridgehead atoms. The molecule has 0 amide bonds. The number of benzene rings is 2. The highest BCUT2D eigenvalue weighted by Crippen LogP contribution is 2.33. The maximum Gasteiger partial charge on any atom is 0.134 e. The molecular formula is C17H15NO. The monoisotopic (exact) mass is 249 g/mol. The van der Waals surface area contributed by atoms with Gasteiger partial charge in [0.15, 0.2) is 0 Å². The van der Waals surface area contributed by atoms with Gasteiger partial charge in [-0.2, -0.15) is 0 Å². The van der Waals surface area contributed by atoms with Crippen LogP contribution in [0.25, 0.3) is 11.0 Å². The van der Waals surface area contributed by atoms with Gasteiger partial charge in [-0.15, -0.1) is 0 Å². The Morgan fingerprint density at radius 1 is 1.00 bits per heavy atom. The van der Waals surface area contributed by atoms with E-state index in [0.717, 1.165) is 24.4 Å². The number of para-hydroxylation sites is 1. The van der Waals surface area contributed by atoms with E-state index in [2.05, 4.69) is 47.8 Å². The molecule has 1 N–H and O–H groups in total. The first-order valence-corrected chi connectivity index (χ1v) is 6.69. The van der Waals surface area contributed by atoms with Gasteiger partial charge in [-0.05, 0) is 23.3 Å². The summed E-state index contributed by atoms with van der Waals surface area (Å²) in [6.45, 7) is 1.89. The molecule has 1 aliphatic heterocycles. The Balaban J connectivity index is 1.85. The van der Waals surface area contributed by atoms with Gasteiger partial charge in [-0.3, -0.25) is 0 Å². The Labute approximate surface area is 112 Å². The van der Waals surface area contributed by atoms with E-state index in [4.69, 9.17) is 4.42 Å². The van der Waals surface area contributed by atoms with E-state index in [9.17, 15) is 0 Å². The zero-order valence-corrected chi connectivity index (χ0v) is 10.6. The Morgan fingerprint density at radius 3 is 2.79 bits per heavy atom. The first kappa shape index (κ1) is 10.8. The standard InChI is InChI=1S/C17H15NO/c1-3-7-14-13(6-1)10-18-11-15(14)17-9-12-5-2-4-8-16(12)19-17/h1-9,15,18H,10-11H2/t15-/m1/s1. The highest BCUT2D eigenvalue weighted by molar-refractivity contribution is 5.78. The van der Waals surface area contributed by atoms with Crippen molar-refractivity contribution in [2.24, 2.45) is 0 Å². The van der Waals surface area contributed by atoms with Gasteiger partial charge < -0.3 is 9.73 Å². The summed E-state index contributed by atoms with van der Waals surface area (Å²) in [4.78, 5) is 0. The molecule has 94 valence electrons.